The number of carbonyl (C=O) groups excluding carboxylic acids is 1. The highest BCUT2D eigenvalue weighted by molar-refractivity contribution is 5.91. The lowest BCUT2D eigenvalue weighted by Gasteiger charge is -2.26. The molecule has 0 bridgehead atoms. The molecule has 1 aliphatic heterocycles. The molecule has 1 saturated heterocycles. The number of benzene rings is 1. The van der Waals surface area contributed by atoms with E-state index in [-0.39, 0.29) is 23.2 Å². The quantitative estimate of drug-likeness (QED) is 0.616. The number of pyridine rings is 1. The predicted octanol–water partition coefficient (Wildman–Crippen LogP) is 3.41. The molecule has 0 spiro atoms. The maximum Gasteiger partial charge on any atom is 0.293 e. The third kappa shape index (κ3) is 4.09. The minimum atomic E-state index is -0.184. The smallest absolute Gasteiger partial charge is 0.293 e. The topological polar surface area (TPSA) is 79.8 Å². The van der Waals surface area contributed by atoms with Crippen LogP contribution in [0, 0.1) is 6.92 Å². The molecule has 1 aliphatic rings. The number of amides is 1. The minimum absolute atomic E-state index is 0.00367. The molecule has 7 heteroatoms. The van der Waals surface area contributed by atoms with Crippen molar-refractivity contribution in [2.75, 3.05) is 31.6 Å². The van der Waals surface area contributed by atoms with Crippen molar-refractivity contribution in [3.05, 3.63) is 59.5 Å². The lowest BCUT2D eigenvalue weighted by molar-refractivity contribution is 0.0716. The number of nitrogens with zero attached hydrogens (tertiary/aromatic N) is 5. The number of aromatic nitrogens is 3. The van der Waals surface area contributed by atoms with E-state index in [1.165, 1.54) is 5.56 Å². The van der Waals surface area contributed by atoms with Gasteiger partial charge < -0.3 is 15.5 Å². The van der Waals surface area contributed by atoms with Crippen molar-refractivity contribution in [2.24, 2.45) is 5.73 Å². The largest absolute Gasteiger partial charge is 0.369 e. The highest BCUT2D eigenvalue weighted by Crippen LogP contribution is 2.36. The van der Waals surface area contributed by atoms with Crippen molar-refractivity contribution in [1.82, 2.24) is 19.5 Å². The van der Waals surface area contributed by atoms with Gasteiger partial charge in [0.1, 0.15) is 0 Å². The van der Waals surface area contributed by atoms with Gasteiger partial charge in [0.15, 0.2) is 5.65 Å². The van der Waals surface area contributed by atoms with Crippen LogP contribution in [0.3, 0.4) is 0 Å². The Morgan fingerprint density at radius 2 is 2.06 bits per heavy atom. The summed E-state index contributed by atoms with van der Waals surface area (Å²) >= 11 is 0. The zero-order valence-electron chi connectivity index (χ0n) is 19.6. The van der Waals surface area contributed by atoms with E-state index >= 15 is 0 Å². The Hall–Kier alpha value is -2.93. The lowest BCUT2D eigenvalue weighted by Crippen LogP contribution is -2.42. The SMILES string of the molecule is CCCC(CN)N(C)C(=O)c1nc2c(C)cc(N3CC[C@](C)(c4ccccc4)C3)cn2n1. The highest BCUT2D eigenvalue weighted by atomic mass is 16.2. The molecule has 3 heterocycles. The number of hydrogen-bond donors (Lipinski definition) is 1. The van der Waals surface area contributed by atoms with Crippen LogP contribution in [0.2, 0.25) is 0 Å². The molecule has 3 aromatic rings. The van der Waals surface area contributed by atoms with E-state index in [4.69, 9.17) is 5.73 Å². The molecule has 7 nitrogen and oxygen atoms in total. The van der Waals surface area contributed by atoms with Crippen LogP contribution in [0.25, 0.3) is 5.65 Å². The second-order valence-electron chi connectivity index (χ2n) is 9.28. The van der Waals surface area contributed by atoms with Crippen LogP contribution in [-0.4, -0.2) is 58.1 Å². The van der Waals surface area contributed by atoms with Crippen molar-refractivity contribution in [2.45, 2.75) is 51.5 Å². The predicted molar refractivity (Wildman–Crippen MR) is 128 cm³/mol. The second kappa shape index (κ2) is 8.90. The number of carbonyl (C=O) groups is 1. The fourth-order valence-electron chi connectivity index (χ4n) is 4.78. The van der Waals surface area contributed by atoms with Crippen molar-refractivity contribution in [3.8, 4) is 0 Å². The molecule has 2 aromatic heterocycles. The Kier molecular flexibility index (Phi) is 6.20. The molecule has 4 rings (SSSR count). The van der Waals surface area contributed by atoms with Crippen LogP contribution in [0.5, 0.6) is 0 Å². The summed E-state index contributed by atoms with van der Waals surface area (Å²) in [5.74, 6) is 0.0363. The molecular formula is C25H34N6O. The molecule has 170 valence electrons. The van der Waals surface area contributed by atoms with Gasteiger partial charge in [-0.2, -0.15) is 0 Å². The summed E-state index contributed by atoms with van der Waals surface area (Å²) in [7, 11) is 1.79. The van der Waals surface area contributed by atoms with Crippen LogP contribution < -0.4 is 10.6 Å². The van der Waals surface area contributed by atoms with Crippen LogP contribution in [-0.2, 0) is 5.41 Å². The molecule has 0 saturated carbocycles. The van der Waals surface area contributed by atoms with Crippen LogP contribution >= 0.6 is 0 Å². The first-order valence-corrected chi connectivity index (χ1v) is 11.5. The van der Waals surface area contributed by atoms with Gasteiger partial charge in [0.05, 0.1) is 11.9 Å². The van der Waals surface area contributed by atoms with Crippen molar-refractivity contribution < 1.29 is 4.79 Å². The molecule has 0 aliphatic carbocycles. The first-order valence-electron chi connectivity index (χ1n) is 11.5. The van der Waals surface area contributed by atoms with E-state index in [0.29, 0.717) is 6.54 Å². The zero-order valence-corrected chi connectivity index (χ0v) is 19.6. The average molecular weight is 435 g/mol. The fraction of sp³-hybridized carbons (Fsp3) is 0.480. The molecule has 2 atom stereocenters. The van der Waals surface area contributed by atoms with Gasteiger partial charge >= 0.3 is 0 Å². The Labute approximate surface area is 190 Å². The molecule has 32 heavy (non-hydrogen) atoms. The molecule has 1 fully saturated rings. The summed E-state index contributed by atoms with van der Waals surface area (Å²) in [4.78, 5) is 21.6. The Bertz CT molecular complexity index is 1090. The molecule has 1 amide bonds. The number of anilines is 1. The summed E-state index contributed by atoms with van der Waals surface area (Å²) in [5, 5.41) is 4.54. The first-order chi connectivity index (χ1) is 15.4. The van der Waals surface area contributed by atoms with Gasteiger partial charge in [-0.15, -0.1) is 5.10 Å². The monoisotopic (exact) mass is 434 g/mol. The average Bonchev–Trinajstić information content (AvgIpc) is 3.42. The molecular weight excluding hydrogens is 400 g/mol. The molecule has 1 aromatic carbocycles. The van der Waals surface area contributed by atoms with E-state index in [1.807, 2.05) is 13.1 Å². The van der Waals surface area contributed by atoms with Crippen LogP contribution in [0.4, 0.5) is 5.69 Å². The van der Waals surface area contributed by atoms with Gasteiger partial charge in [-0.05, 0) is 37.0 Å². The number of fused-ring (bicyclic) bond motifs is 1. The van der Waals surface area contributed by atoms with Crippen LogP contribution in [0.1, 0.15) is 54.9 Å². The zero-order chi connectivity index (χ0) is 22.9. The van der Waals surface area contributed by atoms with Gasteiger partial charge in [-0.3, -0.25) is 4.79 Å². The second-order valence-corrected chi connectivity index (χ2v) is 9.28. The van der Waals surface area contributed by atoms with Crippen molar-refractivity contribution in [3.63, 3.8) is 0 Å². The van der Waals surface area contributed by atoms with Gasteiger partial charge in [0, 0.05) is 38.1 Å². The summed E-state index contributed by atoms with van der Waals surface area (Å²) < 4.78 is 1.75. The number of rotatable bonds is 7. The van der Waals surface area contributed by atoms with Gasteiger partial charge in [-0.1, -0.05) is 50.6 Å². The Morgan fingerprint density at radius 1 is 1.31 bits per heavy atom. The van der Waals surface area contributed by atoms with E-state index in [9.17, 15) is 4.79 Å². The fourth-order valence-corrected chi connectivity index (χ4v) is 4.78. The summed E-state index contributed by atoms with van der Waals surface area (Å²) in [6.07, 6.45) is 4.93. The summed E-state index contributed by atoms with van der Waals surface area (Å²) in [5.41, 5.74) is 10.2. The highest BCUT2D eigenvalue weighted by Gasteiger charge is 2.35. The maximum atomic E-state index is 13.0. The van der Waals surface area contributed by atoms with Gasteiger partial charge in [0.2, 0.25) is 5.82 Å². The summed E-state index contributed by atoms with van der Waals surface area (Å²) in [6, 6.07) is 12.9. The van der Waals surface area contributed by atoms with Crippen molar-refractivity contribution in [1.29, 1.82) is 0 Å². The molecule has 0 radical (unpaired) electrons. The van der Waals surface area contributed by atoms with Gasteiger partial charge in [0.25, 0.3) is 5.91 Å². The van der Waals surface area contributed by atoms with E-state index in [1.54, 1.807) is 16.5 Å². The van der Waals surface area contributed by atoms with Gasteiger partial charge in [-0.25, -0.2) is 9.50 Å². The van der Waals surface area contributed by atoms with E-state index in [0.717, 1.165) is 49.2 Å². The number of aryl methyl sites for hydroxylation is 1. The van der Waals surface area contributed by atoms with Crippen molar-refractivity contribution >= 4 is 17.2 Å². The number of nitrogens with two attached hydrogens (primary N) is 1. The number of hydrogen-bond acceptors (Lipinski definition) is 5. The Morgan fingerprint density at radius 3 is 2.75 bits per heavy atom. The maximum absolute atomic E-state index is 13.0. The molecule has 2 N–H and O–H groups in total. The lowest BCUT2D eigenvalue weighted by atomic mass is 9.82. The third-order valence-corrected chi connectivity index (χ3v) is 6.87. The normalized spacial score (nSPS) is 19.5. The van der Waals surface area contributed by atoms with E-state index in [2.05, 4.69) is 65.2 Å². The van der Waals surface area contributed by atoms with Crippen LogP contribution in [0.15, 0.2) is 42.6 Å². The standard InChI is InChI=1S/C25H34N6O/c1-5-9-20(15-26)29(4)24(32)22-27-23-18(2)14-21(16-31(23)28-22)30-13-12-25(3,17-30)19-10-7-6-8-11-19/h6-8,10-11,14,16,20H,5,9,12-13,15,17,26H2,1-4H3/t20?,25-/m0/s1. The molecule has 1 unspecified atom stereocenters. The first kappa shape index (κ1) is 22.3. The Balaban J connectivity index is 1.59. The minimum Gasteiger partial charge on any atom is -0.369 e. The summed E-state index contributed by atoms with van der Waals surface area (Å²) in [6.45, 7) is 8.81. The number of likely N-dealkylation sites (N-methyl/N-ethyl adjacent to an activating group) is 1. The third-order valence-electron chi connectivity index (χ3n) is 6.87. The van der Waals surface area contributed by atoms with E-state index < -0.39 is 0 Å².